The Morgan fingerprint density at radius 1 is 1.06 bits per heavy atom. The molecular weight excluding hydrogens is 263 g/mol. The summed E-state index contributed by atoms with van der Waals surface area (Å²) in [4.78, 5) is 5.20. The molecule has 0 aliphatic carbocycles. The van der Waals surface area contributed by atoms with Crippen LogP contribution < -0.4 is 4.72 Å². The molecule has 82 valence electrons. The monoisotopic (exact) mass is 270 g/mol. The second kappa shape index (κ2) is 5.43. The standard InChI is InChI=1S/C11H8Cl2N2S/c12-8-6-10(13)14-11(7-8)15-16-9-4-2-1-3-5-9/h1-7H,(H,14,15). The van der Waals surface area contributed by atoms with Crippen LogP contribution in [0.5, 0.6) is 0 Å². The van der Waals surface area contributed by atoms with Gasteiger partial charge in [0.15, 0.2) is 0 Å². The lowest BCUT2D eigenvalue weighted by Crippen LogP contribution is -1.90. The lowest BCUT2D eigenvalue weighted by atomic mass is 10.4. The Morgan fingerprint density at radius 3 is 2.50 bits per heavy atom. The fourth-order valence-electron chi connectivity index (χ4n) is 1.12. The van der Waals surface area contributed by atoms with Crippen LogP contribution in [0.4, 0.5) is 5.82 Å². The first-order valence-corrected chi connectivity index (χ1v) is 6.12. The van der Waals surface area contributed by atoms with Crippen LogP contribution >= 0.6 is 35.1 Å². The van der Waals surface area contributed by atoms with E-state index in [-0.39, 0.29) is 0 Å². The van der Waals surface area contributed by atoms with Crippen molar-refractivity contribution in [2.24, 2.45) is 0 Å². The molecule has 0 spiro atoms. The van der Waals surface area contributed by atoms with E-state index < -0.39 is 0 Å². The van der Waals surface area contributed by atoms with E-state index in [2.05, 4.69) is 9.71 Å². The number of hydrogen-bond acceptors (Lipinski definition) is 3. The first-order chi connectivity index (χ1) is 7.74. The van der Waals surface area contributed by atoms with Crippen LogP contribution in [0.3, 0.4) is 0 Å². The van der Waals surface area contributed by atoms with E-state index in [1.165, 1.54) is 11.9 Å². The van der Waals surface area contributed by atoms with Crippen LogP contribution in [0.2, 0.25) is 10.2 Å². The van der Waals surface area contributed by atoms with Gasteiger partial charge in [-0.25, -0.2) is 4.98 Å². The number of anilines is 1. The summed E-state index contributed by atoms with van der Waals surface area (Å²) < 4.78 is 3.08. The number of nitrogens with zero attached hydrogens (tertiary/aromatic N) is 1. The fraction of sp³-hybridized carbons (Fsp3) is 0. The molecule has 0 saturated carbocycles. The molecule has 0 saturated heterocycles. The van der Waals surface area contributed by atoms with Gasteiger partial charge in [-0.15, -0.1) is 0 Å². The summed E-state index contributed by atoms with van der Waals surface area (Å²) in [6.07, 6.45) is 0. The van der Waals surface area contributed by atoms with Gasteiger partial charge in [0.05, 0.1) is 0 Å². The quantitative estimate of drug-likeness (QED) is 0.656. The molecule has 0 bridgehead atoms. The zero-order valence-corrected chi connectivity index (χ0v) is 10.5. The average Bonchev–Trinajstić information content (AvgIpc) is 2.27. The van der Waals surface area contributed by atoms with Crippen LogP contribution in [-0.4, -0.2) is 4.98 Å². The van der Waals surface area contributed by atoms with Crippen molar-refractivity contribution in [1.29, 1.82) is 0 Å². The molecule has 0 aliphatic heterocycles. The first kappa shape index (κ1) is 11.6. The summed E-state index contributed by atoms with van der Waals surface area (Å²) in [6.45, 7) is 0. The average molecular weight is 271 g/mol. The number of benzene rings is 1. The van der Waals surface area contributed by atoms with Crippen LogP contribution in [0.1, 0.15) is 0 Å². The highest BCUT2D eigenvalue weighted by atomic mass is 35.5. The molecule has 2 rings (SSSR count). The Morgan fingerprint density at radius 2 is 1.81 bits per heavy atom. The van der Waals surface area contributed by atoms with Gasteiger partial charge in [0, 0.05) is 16.0 Å². The molecule has 1 aromatic heterocycles. The van der Waals surface area contributed by atoms with Gasteiger partial charge in [0.1, 0.15) is 11.0 Å². The summed E-state index contributed by atoms with van der Waals surface area (Å²) >= 11 is 13.1. The molecule has 0 radical (unpaired) electrons. The van der Waals surface area contributed by atoms with E-state index >= 15 is 0 Å². The van der Waals surface area contributed by atoms with E-state index in [9.17, 15) is 0 Å². The van der Waals surface area contributed by atoms with Gasteiger partial charge in [-0.05, 0) is 30.1 Å². The molecule has 16 heavy (non-hydrogen) atoms. The molecule has 1 N–H and O–H groups in total. The number of halogens is 2. The summed E-state index contributed by atoms with van der Waals surface area (Å²) in [5, 5.41) is 0.944. The third kappa shape index (κ3) is 3.30. The van der Waals surface area contributed by atoms with Gasteiger partial charge < -0.3 is 4.72 Å². The van der Waals surface area contributed by atoms with Crippen LogP contribution in [0.25, 0.3) is 0 Å². The second-order valence-corrected chi connectivity index (χ2v) is 4.71. The zero-order chi connectivity index (χ0) is 11.4. The lowest BCUT2D eigenvalue weighted by molar-refractivity contribution is 1.33. The summed E-state index contributed by atoms with van der Waals surface area (Å²) in [6, 6.07) is 13.3. The van der Waals surface area contributed by atoms with E-state index in [1.807, 2.05) is 30.3 Å². The topological polar surface area (TPSA) is 24.9 Å². The molecule has 1 heterocycles. The van der Waals surface area contributed by atoms with E-state index in [1.54, 1.807) is 12.1 Å². The molecule has 0 amide bonds. The number of pyridine rings is 1. The SMILES string of the molecule is Clc1cc(Cl)nc(NSc2ccccc2)c1. The largest absolute Gasteiger partial charge is 0.310 e. The smallest absolute Gasteiger partial charge is 0.139 e. The second-order valence-electron chi connectivity index (χ2n) is 3.01. The number of nitrogens with one attached hydrogen (secondary N) is 1. The maximum Gasteiger partial charge on any atom is 0.139 e. The van der Waals surface area contributed by atoms with E-state index in [0.29, 0.717) is 16.0 Å². The van der Waals surface area contributed by atoms with Crippen molar-refractivity contribution in [1.82, 2.24) is 4.98 Å². The fourth-order valence-corrected chi connectivity index (χ4v) is 2.21. The Kier molecular flexibility index (Phi) is 3.93. The van der Waals surface area contributed by atoms with Gasteiger partial charge in [-0.3, -0.25) is 0 Å². The highest BCUT2D eigenvalue weighted by molar-refractivity contribution is 8.00. The molecule has 2 aromatic rings. The maximum absolute atomic E-state index is 5.86. The predicted molar refractivity (Wildman–Crippen MR) is 70.2 cm³/mol. The van der Waals surface area contributed by atoms with E-state index in [0.717, 1.165) is 4.90 Å². The van der Waals surface area contributed by atoms with Crippen LogP contribution in [-0.2, 0) is 0 Å². The molecule has 0 aliphatic rings. The molecular formula is C11H8Cl2N2S. The highest BCUT2D eigenvalue weighted by Gasteiger charge is 2.00. The van der Waals surface area contributed by atoms with Gasteiger partial charge in [-0.2, -0.15) is 0 Å². The Balaban J connectivity index is 2.05. The molecule has 5 heteroatoms. The van der Waals surface area contributed by atoms with Gasteiger partial charge in [-0.1, -0.05) is 41.4 Å². The Labute approximate surface area is 108 Å². The van der Waals surface area contributed by atoms with Crippen molar-refractivity contribution in [2.75, 3.05) is 4.72 Å². The van der Waals surface area contributed by atoms with Gasteiger partial charge in [0.25, 0.3) is 0 Å². The summed E-state index contributed by atoms with van der Waals surface area (Å²) in [5.41, 5.74) is 0. The van der Waals surface area contributed by atoms with Crippen molar-refractivity contribution >= 4 is 41.0 Å². The minimum atomic E-state index is 0.378. The number of rotatable bonds is 3. The van der Waals surface area contributed by atoms with Crippen molar-refractivity contribution in [3.8, 4) is 0 Å². The maximum atomic E-state index is 5.86. The Bertz CT molecular complexity index is 456. The van der Waals surface area contributed by atoms with Crippen molar-refractivity contribution in [3.63, 3.8) is 0 Å². The normalized spacial score (nSPS) is 10.1. The highest BCUT2D eigenvalue weighted by Crippen LogP contribution is 2.23. The summed E-state index contributed by atoms with van der Waals surface area (Å²) in [5.74, 6) is 0.645. The van der Waals surface area contributed by atoms with Crippen molar-refractivity contribution < 1.29 is 0 Å². The number of hydrogen-bond donors (Lipinski definition) is 1. The minimum Gasteiger partial charge on any atom is -0.310 e. The van der Waals surface area contributed by atoms with Gasteiger partial charge in [0.2, 0.25) is 0 Å². The van der Waals surface area contributed by atoms with Crippen LogP contribution in [0.15, 0.2) is 47.4 Å². The third-order valence-electron chi connectivity index (χ3n) is 1.78. The molecule has 0 atom stereocenters. The van der Waals surface area contributed by atoms with Crippen molar-refractivity contribution in [3.05, 3.63) is 52.6 Å². The lowest BCUT2D eigenvalue weighted by Gasteiger charge is -2.05. The molecule has 0 fully saturated rings. The third-order valence-corrected chi connectivity index (χ3v) is 3.01. The molecule has 1 aromatic carbocycles. The van der Waals surface area contributed by atoms with Crippen molar-refractivity contribution in [2.45, 2.75) is 4.90 Å². The zero-order valence-electron chi connectivity index (χ0n) is 8.15. The van der Waals surface area contributed by atoms with Gasteiger partial charge >= 0.3 is 0 Å². The first-order valence-electron chi connectivity index (χ1n) is 4.55. The molecule has 2 nitrogen and oxygen atoms in total. The molecule has 0 unspecified atom stereocenters. The predicted octanol–water partition coefficient (Wildman–Crippen LogP) is 4.51. The minimum absolute atomic E-state index is 0.378. The van der Waals surface area contributed by atoms with E-state index in [4.69, 9.17) is 23.2 Å². The summed E-state index contributed by atoms with van der Waals surface area (Å²) in [7, 11) is 0. The Hall–Kier alpha value is -0.900. The van der Waals surface area contributed by atoms with Crippen LogP contribution in [0, 0.1) is 0 Å². The number of aromatic nitrogens is 1.